The predicted octanol–water partition coefficient (Wildman–Crippen LogP) is 17.2. The number of hydrogen-bond acceptors (Lipinski definition) is 18. The summed E-state index contributed by atoms with van der Waals surface area (Å²) in [6, 6.07) is 77.9. The molecule has 0 spiro atoms. The second-order valence-electron chi connectivity index (χ2n) is 30.7. The van der Waals surface area contributed by atoms with Gasteiger partial charge in [-0.3, -0.25) is 38.9 Å². The average Bonchev–Trinajstić information content (AvgIpc) is 0.783. The Balaban J connectivity index is 0.000000414. The Hall–Kier alpha value is -14.8. The summed E-state index contributed by atoms with van der Waals surface area (Å²) in [6.45, 7) is 15.9. The van der Waals surface area contributed by atoms with Gasteiger partial charge in [-0.15, -0.1) is 0 Å². The van der Waals surface area contributed by atoms with Gasteiger partial charge in [0.25, 0.3) is 0 Å². The number of aldehydes is 4. The van der Waals surface area contributed by atoms with E-state index < -0.39 is 39.2 Å². The summed E-state index contributed by atoms with van der Waals surface area (Å²) in [5.74, 6) is -2.69. The van der Waals surface area contributed by atoms with Crippen molar-refractivity contribution in [2.45, 2.75) is 80.2 Å². The molecule has 0 aliphatic carbocycles. The molecule has 14 aromatic carbocycles. The van der Waals surface area contributed by atoms with Gasteiger partial charge in [-0.2, -0.15) is 21.6 Å². The van der Waals surface area contributed by atoms with Crippen LogP contribution in [-0.2, 0) is 39.0 Å². The van der Waals surface area contributed by atoms with Crippen LogP contribution < -0.4 is 44.9 Å². The number of nitrogens with one attached hydrogen (secondary N) is 2. The Morgan fingerprint density at radius 2 is 0.716 bits per heavy atom. The summed E-state index contributed by atoms with van der Waals surface area (Å²) in [6.07, 6.45) is 6.61. The van der Waals surface area contributed by atoms with Crippen LogP contribution in [0.4, 0.5) is 39.5 Å². The summed E-state index contributed by atoms with van der Waals surface area (Å²) in [5, 5.41) is 69.3. The fraction of sp³-hybridized carbons (Fsp3) is 0.140. The van der Waals surface area contributed by atoms with Gasteiger partial charge in [0, 0.05) is 44.6 Å². The zero-order chi connectivity index (χ0) is 103. The van der Waals surface area contributed by atoms with Gasteiger partial charge in [0.15, 0.2) is 48.3 Å². The maximum Gasteiger partial charge on any atom is 1.00 e. The molecule has 0 atom stereocenters. The summed E-state index contributed by atoms with van der Waals surface area (Å²) < 4.78 is 140. The van der Waals surface area contributed by atoms with E-state index >= 15 is 0 Å². The number of nitrogens with zero attached hydrogens (tertiary/aromatic N) is 1. The molecular weight excluding hydrogens is 1860 g/mol. The van der Waals surface area contributed by atoms with Crippen LogP contribution in [0.2, 0.25) is 0 Å². The molecule has 0 saturated heterocycles. The molecule has 21 nitrogen and oxygen atoms in total. The minimum atomic E-state index is -5.76. The Kier molecular flexibility index (Phi) is 50.0. The number of nitro groups is 1. The molecule has 10 N–H and O–H groups in total. The van der Waals surface area contributed by atoms with Crippen molar-refractivity contribution in [3.8, 4) is 84.4 Å². The van der Waals surface area contributed by atoms with E-state index in [2.05, 4.69) is 39.1 Å². The molecule has 141 heavy (non-hydrogen) atoms. The largest absolute Gasteiger partial charge is 1.00 e. The number of nitrogens with two attached hydrogens (primary N) is 1. The second-order valence-corrected chi connectivity index (χ2v) is 32.3. The van der Waals surface area contributed by atoms with E-state index in [4.69, 9.17) is 31.1 Å². The van der Waals surface area contributed by atoms with Crippen LogP contribution in [0.5, 0.6) is 28.7 Å². The van der Waals surface area contributed by atoms with Crippen molar-refractivity contribution in [2.24, 2.45) is 5.73 Å². The minimum Gasteiger partial charge on any atom is -1.00 e. The SMILES string of the molecule is CC(=O)NCCc1ccc(C)cc1-c1cccc(F)c1.CC(=O)NCCc1ccc(O)cc1-c1cccc(F)c1.Cc1ccc(/C=C/[N+](=O)[O-])c(-c2cccc(F)c2)c1.Cc1ccc(C=O)c(-c2cccc(F)c2)c1.Cc1ccc(C=O)c(O)c1.Cc1ccc(C=O)c(OS(=O)(=O)C(F)(F)F)c1.Cc1ccc(CCN)c(-c2cccc(F)c2)c1.O=Cc1ccc(O)cc1O.OB(O)c1cccc(F)c1.[AlH3].[H-].[Li+]. The Labute approximate surface area is 835 Å². The van der Waals surface area contributed by atoms with E-state index in [0.717, 1.165) is 121 Å². The number of phenols is 4. The fourth-order valence-corrected chi connectivity index (χ4v) is 13.3. The topological polar surface area (TPSA) is 360 Å². The summed E-state index contributed by atoms with van der Waals surface area (Å²) >= 11 is 0. The predicted molar refractivity (Wildman–Crippen MR) is 532 cm³/mol. The number of aromatic hydroxyl groups is 4. The molecule has 34 heteroatoms. The van der Waals surface area contributed by atoms with Crippen LogP contribution in [0, 0.1) is 86.6 Å². The maximum absolute atomic E-state index is 13.4. The summed E-state index contributed by atoms with van der Waals surface area (Å²) in [7, 11) is -7.35. The Morgan fingerprint density at radius 3 is 1.07 bits per heavy atom. The minimum absolute atomic E-state index is 0. The molecular formula is C107H104AlBF9LiN4O17S. The normalized spacial score (nSPS) is 10.3. The molecule has 0 saturated carbocycles. The molecule has 0 aromatic heterocycles. The molecule has 0 aliphatic heterocycles. The zero-order valence-electron chi connectivity index (χ0n) is 78.5. The van der Waals surface area contributed by atoms with Crippen LogP contribution in [0.25, 0.3) is 61.7 Å². The first-order valence-corrected chi connectivity index (χ1v) is 43.7. The Morgan fingerprint density at radius 1 is 0.411 bits per heavy atom. The monoisotopic (exact) mass is 1960 g/mol. The van der Waals surface area contributed by atoms with Gasteiger partial charge in [0.2, 0.25) is 18.0 Å². The number of aryl methyl sites for hydroxylation is 6. The van der Waals surface area contributed by atoms with Crippen molar-refractivity contribution in [1.82, 2.24) is 10.6 Å². The fourth-order valence-electron chi connectivity index (χ4n) is 12.8. The van der Waals surface area contributed by atoms with Gasteiger partial charge in [-0.05, 0) is 283 Å². The molecule has 14 rings (SSSR count). The maximum atomic E-state index is 13.4. The number of alkyl halides is 3. The number of hydrogen-bond donors (Lipinski definition) is 9. The smallest absolute Gasteiger partial charge is 1.00 e. The zero-order valence-corrected chi connectivity index (χ0v) is 78.3. The van der Waals surface area contributed by atoms with Gasteiger partial charge in [0.1, 0.15) is 57.9 Å². The van der Waals surface area contributed by atoms with Crippen LogP contribution in [0.3, 0.4) is 0 Å². The first-order valence-electron chi connectivity index (χ1n) is 42.3. The third-order valence-electron chi connectivity index (χ3n) is 19.6. The second kappa shape index (κ2) is 59.5. The van der Waals surface area contributed by atoms with Crippen LogP contribution in [0.1, 0.15) is 112 Å². The van der Waals surface area contributed by atoms with Crippen molar-refractivity contribution in [1.29, 1.82) is 0 Å². The number of halogens is 9. The summed E-state index contributed by atoms with van der Waals surface area (Å²) in [5.41, 5.74) is 19.1. The van der Waals surface area contributed by atoms with Crippen molar-refractivity contribution >= 4 is 83.1 Å². The Bertz CT molecular complexity index is 6560. The van der Waals surface area contributed by atoms with Crippen LogP contribution in [-0.4, -0.2) is 130 Å². The van der Waals surface area contributed by atoms with E-state index in [0.29, 0.717) is 72.0 Å². The third-order valence-corrected chi connectivity index (χ3v) is 20.5. The van der Waals surface area contributed by atoms with Crippen LogP contribution >= 0.6 is 0 Å². The molecule has 730 valence electrons. The third kappa shape index (κ3) is 41.1. The summed E-state index contributed by atoms with van der Waals surface area (Å²) in [4.78, 5) is 73.4. The molecule has 0 unspecified atom stereocenters. The average molecular weight is 1970 g/mol. The van der Waals surface area contributed by atoms with E-state index in [1.54, 1.807) is 103 Å². The number of amides is 2. The molecule has 14 aromatic rings. The molecule has 0 bridgehead atoms. The van der Waals surface area contributed by atoms with E-state index in [-0.39, 0.29) is 124 Å². The van der Waals surface area contributed by atoms with Crippen molar-refractivity contribution in [3.05, 3.63) is 420 Å². The van der Waals surface area contributed by atoms with E-state index in [1.165, 1.54) is 135 Å². The van der Waals surface area contributed by atoms with Crippen molar-refractivity contribution in [3.63, 3.8) is 0 Å². The number of phenolic OH excluding ortho intramolecular Hbond substituents is 4. The molecule has 0 aliphatic rings. The molecule has 0 fully saturated rings. The van der Waals surface area contributed by atoms with Gasteiger partial charge >= 0.3 is 41.6 Å². The molecule has 0 radical (unpaired) electrons. The van der Waals surface area contributed by atoms with E-state index in [1.807, 2.05) is 83.1 Å². The van der Waals surface area contributed by atoms with Gasteiger partial charge < -0.3 is 52.5 Å². The first kappa shape index (κ1) is 119. The molecule has 0 heterocycles. The standard InChI is InChI=1S/C17H18FNO.C16H16FNO2.C15H12FNO2.C15H16FN.C14H11FO.C9H7F3O4S.C8H8O2.C7H6O3.C6H6BFO2.Al.Li.4H/c1-12-6-7-14(8-9-19-13(2)20)17(10-12)15-4-3-5-16(18)11-15;1-11(19)18-8-7-12-5-6-15(20)10-16(12)13-3-2-4-14(17)9-13;1-11-5-6-12(7-8-17(18)19)15(9-11)13-3-2-4-14(16)10-13;1-11-5-6-12(7-8-17)15(9-11)13-3-2-4-14(16)10-13;1-10-5-6-12(9-16)14(7-10)11-3-2-4-13(15)8-11;1-6-2-3-7(5-13)8(4-6)16-17(14,15)9(10,11)12;1-6-2-3-7(5-9)8(10)4-6;8-4-5-1-2-6(9)3-7(5)10;8-6-3-1-2-5(4-6)7(9)10;;;;;;/h3-7,10-11H,8-9H2,1-2H3,(H,19,20);2-6,9-10,20H,7-8H2,1H3,(H,18,19);2-10H,1H3;2-6,9-10H,7-8,17H2,1H3;2-9H,1H3;2-5H,1H3;2-5,10H,1H3;2*1-4,9-10H;;;;;;/q;;;;;;;;;;+1;;;;-1/b;;8-7+;;;;;;;;;;;;. The number of benzene rings is 14. The quantitative estimate of drug-likeness (QED) is 0.00579. The number of rotatable bonds is 22. The van der Waals surface area contributed by atoms with Gasteiger partial charge in [-0.1, -0.05) is 186 Å². The van der Waals surface area contributed by atoms with Gasteiger partial charge in [0.05, 0.1) is 21.6 Å². The van der Waals surface area contributed by atoms with Crippen molar-refractivity contribution in [2.75, 3.05) is 19.6 Å². The van der Waals surface area contributed by atoms with Crippen LogP contribution in [0.15, 0.2) is 297 Å². The van der Waals surface area contributed by atoms with Gasteiger partial charge in [-0.25, -0.2) is 26.3 Å². The van der Waals surface area contributed by atoms with E-state index in [9.17, 15) is 91.9 Å². The number of carbonyl (C=O) groups excluding carboxylic acids is 6. The van der Waals surface area contributed by atoms with Crippen molar-refractivity contribution < 1.29 is 137 Å². The number of carbonyl (C=O) groups is 6. The molecule has 2 amide bonds. The first-order chi connectivity index (χ1) is 65.9.